The molecule has 1 amide bonds. The summed E-state index contributed by atoms with van der Waals surface area (Å²) in [5.41, 5.74) is 1.96. The average Bonchev–Trinajstić information content (AvgIpc) is 3.02. The van der Waals surface area contributed by atoms with Gasteiger partial charge in [0.25, 0.3) is 0 Å². The van der Waals surface area contributed by atoms with E-state index in [4.69, 9.17) is 0 Å². The van der Waals surface area contributed by atoms with Gasteiger partial charge < -0.3 is 4.98 Å². The third-order valence-corrected chi connectivity index (χ3v) is 4.47. The summed E-state index contributed by atoms with van der Waals surface area (Å²) in [5.74, 6) is 2.19. The zero-order chi connectivity index (χ0) is 14.1. The fraction of sp³-hybridized carbons (Fsp3) is 0.357. The van der Waals surface area contributed by atoms with Crippen LogP contribution in [-0.2, 0) is 11.2 Å². The summed E-state index contributed by atoms with van der Waals surface area (Å²) < 4.78 is 0. The molecule has 1 atom stereocenters. The highest BCUT2D eigenvalue weighted by atomic mass is 32.2. The van der Waals surface area contributed by atoms with Gasteiger partial charge in [0.2, 0.25) is 5.91 Å². The van der Waals surface area contributed by atoms with Gasteiger partial charge in [-0.05, 0) is 19.1 Å². The fourth-order valence-electron chi connectivity index (χ4n) is 2.32. The van der Waals surface area contributed by atoms with E-state index >= 15 is 0 Å². The van der Waals surface area contributed by atoms with E-state index in [1.165, 1.54) is 0 Å². The molecule has 5 nitrogen and oxygen atoms in total. The van der Waals surface area contributed by atoms with Crippen LogP contribution in [0.1, 0.15) is 29.5 Å². The van der Waals surface area contributed by atoms with Crippen LogP contribution in [0.4, 0.5) is 5.82 Å². The molecule has 1 saturated heterocycles. The lowest BCUT2D eigenvalue weighted by Gasteiger charge is -2.21. The minimum atomic E-state index is -0.0889. The van der Waals surface area contributed by atoms with E-state index in [1.807, 2.05) is 25.1 Å². The Hall–Kier alpha value is -1.82. The molecule has 1 unspecified atom stereocenters. The van der Waals surface area contributed by atoms with Crippen LogP contribution in [0.2, 0.25) is 0 Å². The first-order valence-electron chi connectivity index (χ1n) is 6.60. The number of aromatic nitrogens is 3. The third-order valence-electron chi connectivity index (χ3n) is 3.30. The summed E-state index contributed by atoms with van der Waals surface area (Å²) in [6.45, 7) is 4.06. The van der Waals surface area contributed by atoms with Gasteiger partial charge >= 0.3 is 0 Å². The molecule has 2 aromatic rings. The standard InChI is InChI=1S/C14H16N4OS/c1-3-10-16-9(2)13(17-10)14-18(12(19)8-20-14)11-6-4-5-7-15-11/h4-7,14H,3,8H2,1-2H3,(H,16,17). The molecule has 1 N–H and O–H groups in total. The quantitative estimate of drug-likeness (QED) is 0.942. The minimum absolute atomic E-state index is 0.0825. The number of nitrogens with one attached hydrogen (secondary N) is 1. The number of pyridine rings is 1. The average molecular weight is 288 g/mol. The van der Waals surface area contributed by atoms with Crippen molar-refractivity contribution in [3.05, 3.63) is 41.6 Å². The Morgan fingerprint density at radius 1 is 1.50 bits per heavy atom. The van der Waals surface area contributed by atoms with Crippen LogP contribution >= 0.6 is 11.8 Å². The maximum Gasteiger partial charge on any atom is 0.239 e. The van der Waals surface area contributed by atoms with Crippen LogP contribution in [-0.4, -0.2) is 26.6 Å². The van der Waals surface area contributed by atoms with E-state index in [9.17, 15) is 4.79 Å². The highest BCUT2D eigenvalue weighted by Gasteiger charge is 2.37. The molecule has 0 saturated carbocycles. The SMILES string of the molecule is CCc1nc(C2SCC(=O)N2c2ccccn2)c(C)[nH]1. The highest BCUT2D eigenvalue weighted by Crippen LogP contribution is 2.41. The first kappa shape index (κ1) is 13.2. The predicted molar refractivity (Wildman–Crippen MR) is 79.6 cm³/mol. The second-order valence-electron chi connectivity index (χ2n) is 4.66. The molecular formula is C14H16N4OS. The monoisotopic (exact) mass is 288 g/mol. The van der Waals surface area contributed by atoms with Crippen molar-refractivity contribution in [1.29, 1.82) is 0 Å². The Morgan fingerprint density at radius 3 is 3.00 bits per heavy atom. The van der Waals surface area contributed by atoms with Gasteiger partial charge in [-0.3, -0.25) is 9.69 Å². The van der Waals surface area contributed by atoms with Gasteiger partial charge in [0, 0.05) is 18.3 Å². The van der Waals surface area contributed by atoms with Crippen LogP contribution in [0.5, 0.6) is 0 Å². The number of H-pyrrole nitrogens is 1. The molecule has 1 aliphatic rings. The van der Waals surface area contributed by atoms with Crippen LogP contribution in [0.15, 0.2) is 24.4 Å². The number of aryl methyl sites for hydroxylation is 2. The number of aromatic amines is 1. The Morgan fingerprint density at radius 2 is 2.35 bits per heavy atom. The van der Waals surface area contributed by atoms with E-state index in [2.05, 4.69) is 21.9 Å². The number of imidazole rings is 1. The summed E-state index contributed by atoms with van der Waals surface area (Å²) in [4.78, 5) is 26.1. The van der Waals surface area contributed by atoms with Gasteiger partial charge in [-0.15, -0.1) is 11.8 Å². The largest absolute Gasteiger partial charge is 0.346 e. The molecule has 2 aromatic heterocycles. The number of hydrogen-bond donors (Lipinski definition) is 1. The first-order chi connectivity index (χ1) is 9.70. The van der Waals surface area contributed by atoms with Crippen molar-refractivity contribution in [3.63, 3.8) is 0 Å². The zero-order valence-corrected chi connectivity index (χ0v) is 12.3. The van der Waals surface area contributed by atoms with Gasteiger partial charge in [0.05, 0.1) is 11.4 Å². The van der Waals surface area contributed by atoms with Crippen LogP contribution in [0.3, 0.4) is 0 Å². The second kappa shape index (κ2) is 5.28. The van der Waals surface area contributed by atoms with Gasteiger partial charge in [-0.2, -0.15) is 0 Å². The molecule has 6 heteroatoms. The van der Waals surface area contributed by atoms with Crippen molar-refractivity contribution in [2.45, 2.75) is 25.6 Å². The van der Waals surface area contributed by atoms with Crippen molar-refractivity contribution >= 4 is 23.5 Å². The lowest BCUT2D eigenvalue weighted by atomic mass is 10.3. The van der Waals surface area contributed by atoms with Crippen molar-refractivity contribution in [2.24, 2.45) is 0 Å². The topological polar surface area (TPSA) is 61.9 Å². The van der Waals surface area contributed by atoms with Crippen LogP contribution < -0.4 is 4.90 Å². The van der Waals surface area contributed by atoms with Crippen LogP contribution in [0, 0.1) is 6.92 Å². The molecule has 0 radical (unpaired) electrons. The molecule has 0 spiro atoms. The lowest BCUT2D eigenvalue weighted by molar-refractivity contribution is -0.115. The third kappa shape index (κ3) is 2.20. The Balaban J connectivity index is 1.99. The molecule has 0 aliphatic carbocycles. The number of nitrogens with zero attached hydrogens (tertiary/aromatic N) is 3. The second-order valence-corrected chi connectivity index (χ2v) is 5.73. The smallest absolute Gasteiger partial charge is 0.239 e. The number of anilines is 1. The summed E-state index contributed by atoms with van der Waals surface area (Å²) in [6.07, 6.45) is 2.56. The molecule has 3 rings (SSSR count). The lowest BCUT2D eigenvalue weighted by Crippen LogP contribution is -2.29. The number of rotatable bonds is 3. The maximum atomic E-state index is 12.2. The maximum absolute atomic E-state index is 12.2. The summed E-state index contributed by atoms with van der Waals surface area (Å²) >= 11 is 1.60. The van der Waals surface area contributed by atoms with Gasteiger partial charge in [0.1, 0.15) is 17.0 Å². The van der Waals surface area contributed by atoms with E-state index in [0.29, 0.717) is 11.6 Å². The summed E-state index contributed by atoms with van der Waals surface area (Å²) in [5, 5.41) is -0.0889. The van der Waals surface area contributed by atoms with Crippen molar-refractivity contribution in [1.82, 2.24) is 15.0 Å². The van der Waals surface area contributed by atoms with E-state index in [-0.39, 0.29) is 11.3 Å². The van der Waals surface area contributed by atoms with Crippen molar-refractivity contribution in [2.75, 3.05) is 10.7 Å². The predicted octanol–water partition coefficient (Wildman–Crippen LogP) is 2.45. The molecule has 20 heavy (non-hydrogen) atoms. The first-order valence-corrected chi connectivity index (χ1v) is 7.65. The van der Waals surface area contributed by atoms with Gasteiger partial charge in [-0.1, -0.05) is 13.0 Å². The number of carbonyl (C=O) groups excluding carboxylic acids is 1. The molecule has 0 bridgehead atoms. The Bertz CT molecular complexity index is 625. The zero-order valence-electron chi connectivity index (χ0n) is 11.5. The Kier molecular flexibility index (Phi) is 3.48. The minimum Gasteiger partial charge on any atom is -0.346 e. The number of carbonyl (C=O) groups is 1. The molecular weight excluding hydrogens is 272 g/mol. The van der Waals surface area contributed by atoms with Gasteiger partial charge in [0.15, 0.2) is 0 Å². The molecule has 1 fully saturated rings. The summed E-state index contributed by atoms with van der Waals surface area (Å²) in [6, 6.07) is 5.60. The molecule has 0 aromatic carbocycles. The number of hydrogen-bond acceptors (Lipinski definition) is 4. The van der Waals surface area contributed by atoms with E-state index < -0.39 is 0 Å². The number of amides is 1. The molecule has 3 heterocycles. The van der Waals surface area contributed by atoms with E-state index in [0.717, 1.165) is 23.6 Å². The van der Waals surface area contributed by atoms with Crippen molar-refractivity contribution in [3.8, 4) is 0 Å². The van der Waals surface area contributed by atoms with Crippen molar-refractivity contribution < 1.29 is 4.79 Å². The van der Waals surface area contributed by atoms with Gasteiger partial charge in [-0.25, -0.2) is 9.97 Å². The molecule has 104 valence electrons. The fourth-order valence-corrected chi connectivity index (χ4v) is 3.52. The highest BCUT2D eigenvalue weighted by molar-refractivity contribution is 8.00. The van der Waals surface area contributed by atoms with Crippen LogP contribution in [0.25, 0.3) is 0 Å². The Labute approximate surface area is 121 Å². The number of thioether (sulfide) groups is 1. The molecule has 1 aliphatic heterocycles. The van der Waals surface area contributed by atoms with E-state index in [1.54, 1.807) is 22.9 Å². The summed E-state index contributed by atoms with van der Waals surface area (Å²) in [7, 11) is 0. The normalized spacial score (nSPS) is 18.8.